The zero-order valence-electron chi connectivity index (χ0n) is 13.6. The third-order valence-electron chi connectivity index (χ3n) is 3.10. The van der Waals surface area contributed by atoms with E-state index in [0.29, 0.717) is 15.2 Å². The predicted octanol–water partition coefficient (Wildman–Crippen LogP) is 3.67. The molecule has 0 bridgehead atoms. The van der Waals surface area contributed by atoms with Crippen LogP contribution >= 0.6 is 39.1 Å². The molecule has 2 N–H and O–H groups in total. The first kappa shape index (κ1) is 20.4. The Hall–Kier alpha value is -1.96. The molecule has 0 saturated heterocycles. The number of hydrazine groups is 1. The quantitative estimate of drug-likeness (QED) is 0.643. The van der Waals surface area contributed by atoms with Crippen molar-refractivity contribution in [1.29, 1.82) is 0 Å². The van der Waals surface area contributed by atoms with Crippen LogP contribution in [0.4, 0.5) is 0 Å². The van der Waals surface area contributed by atoms with Crippen LogP contribution in [0.5, 0.6) is 11.5 Å². The van der Waals surface area contributed by atoms with Gasteiger partial charge in [-0.1, -0.05) is 41.4 Å². The van der Waals surface area contributed by atoms with Crippen LogP contribution in [0.25, 0.3) is 0 Å². The Morgan fingerprint density at radius 1 is 1.04 bits per heavy atom. The standard InChI is InChI=1S/C17H15BrCl2N2O4/c1-10-4-2-3-5-14(10)25-8-15(23)21-22-16(24)9-26-17-12(18)6-11(19)7-13(17)20/h2-7H,8-9H2,1H3,(H,21,23)(H,22,24). The molecule has 2 rings (SSSR count). The topological polar surface area (TPSA) is 76.7 Å². The number of carbonyl (C=O) groups excluding carboxylic acids is 2. The Kier molecular flexibility index (Phi) is 7.56. The summed E-state index contributed by atoms with van der Waals surface area (Å²) in [5, 5.41) is 0.687. The molecule has 2 aromatic carbocycles. The summed E-state index contributed by atoms with van der Waals surface area (Å²) in [6.07, 6.45) is 0. The van der Waals surface area contributed by atoms with E-state index < -0.39 is 11.8 Å². The maximum absolute atomic E-state index is 11.8. The summed E-state index contributed by atoms with van der Waals surface area (Å²) >= 11 is 15.1. The summed E-state index contributed by atoms with van der Waals surface area (Å²) in [5.74, 6) is -0.195. The van der Waals surface area contributed by atoms with E-state index in [2.05, 4.69) is 26.8 Å². The summed E-state index contributed by atoms with van der Waals surface area (Å²) in [6.45, 7) is 1.28. The van der Waals surface area contributed by atoms with Crippen molar-refractivity contribution in [3.8, 4) is 11.5 Å². The van der Waals surface area contributed by atoms with Gasteiger partial charge in [0.15, 0.2) is 19.0 Å². The molecule has 2 aromatic rings. The Morgan fingerprint density at radius 3 is 2.27 bits per heavy atom. The van der Waals surface area contributed by atoms with Gasteiger partial charge in [-0.3, -0.25) is 20.4 Å². The molecule has 6 nitrogen and oxygen atoms in total. The molecule has 138 valence electrons. The van der Waals surface area contributed by atoms with E-state index in [1.165, 1.54) is 6.07 Å². The number of ether oxygens (including phenoxy) is 2. The van der Waals surface area contributed by atoms with Gasteiger partial charge in [-0.15, -0.1) is 0 Å². The van der Waals surface area contributed by atoms with Crippen LogP contribution in [0, 0.1) is 6.92 Å². The Balaban J connectivity index is 1.75. The highest BCUT2D eigenvalue weighted by atomic mass is 79.9. The second kappa shape index (κ2) is 9.66. The summed E-state index contributed by atoms with van der Waals surface area (Å²) in [6, 6.07) is 10.4. The summed E-state index contributed by atoms with van der Waals surface area (Å²) in [5.41, 5.74) is 5.37. The SMILES string of the molecule is Cc1ccccc1OCC(=O)NNC(=O)COc1c(Cl)cc(Cl)cc1Br. The molecule has 0 spiro atoms. The lowest BCUT2D eigenvalue weighted by Crippen LogP contribution is -2.45. The van der Waals surface area contributed by atoms with Gasteiger partial charge in [0.25, 0.3) is 11.8 Å². The number of hydrogen-bond donors (Lipinski definition) is 2. The molecule has 0 atom stereocenters. The van der Waals surface area contributed by atoms with E-state index in [1.54, 1.807) is 18.2 Å². The second-order valence-electron chi connectivity index (χ2n) is 5.14. The number of halogens is 3. The van der Waals surface area contributed by atoms with E-state index in [4.69, 9.17) is 32.7 Å². The molecule has 0 fully saturated rings. The van der Waals surface area contributed by atoms with Crippen LogP contribution in [0.15, 0.2) is 40.9 Å². The Labute approximate surface area is 168 Å². The highest BCUT2D eigenvalue weighted by Crippen LogP contribution is 2.35. The molecular formula is C17H15BrCl2N2O4. The molecule has 0 aliphatic rings. The zero-order chi connectivity index (χ0) is 19.1. The number of carbonyl (C=O) groups is 2. The van der Waals surface area contributed by atoms with Gasteiger partial charge in [-0.05, 0) is 46.6 Å². The van der Waals surface area contributed by atoms with Gasteiger partial charge < -0.3 is 9.47 Å². The normalized spacial score (nSPS) is 10.2. The number of amides is 2. The first-order valence-electron chi connectivity index (χ1n) is 7.40. The van der Waals surface area contributed by atoms with Crippen molar-refractivity contribution in [3.63, 3.8) is 0 Å². The van der Waals surface area contributed by atoms with Crippen molar-refractivity contribution in [2.24, 2.45) is 0 Å². The van der Waals surface area contributed by atoms with Gasteiger partial charge in [0.05, 0.1) is 9.50 Å². The van der Waals surface area contributed by atoms with Crippen molar-refractivity contribution in [2.75, 3.05) is 13.2 Å². The number of rotatable bonds is 6. The molecular weight excluding hydrogens is 447 g/mol. The lowest BCUT2D eigenvalue weighted by atomic mass is 10.2. The smallest absolute Gasteiger partial charge is 0.276 e. The number of benzene rings is 2. The molecule has 0 unspecified atom stereocenters. The minimum atomic E-state index is -0.563. The second-order valence-corrected chi connectivity index (χ2v) is 6.84. The van der Waals surface area contributed by atoms with E-state index in [1.807, 2.05) is 19.1 Å². The predicted molar refractivity (Wildman–Crippen MR) is 103 cm³/mol. The minimum Gasteiger partial charge on any atom is -0.483 e. The van der Waals surface area contributed by atoms with Crippen LogP contribution in [-0.4, -0.2) is 25.0 Å². The molecule has 0 radical (unpaired) electrons. The van der Waals surface area contributed by atoms with Crippen molar-refractivity contribution in [1.82, 2.24) is 10.9 Å². The Bertz CT molecular complexity index is 794. The number of nitrogens with one attached hydrogen (secondary N) is 2. The number of para-hydroxylation sites is 1. The van der Waals surface area contributed by atoms with Crippen LogP contribution in [0.1, 0.15) is 5.56 Å². The maximum atomic E-state index is 11.8. The van der Waals surface area contributed by atoms with Gasteiger partial charge >= 0.3 is 0 Å². The lowest BCUT2D eigenvalue weighted by molar-refractivity contribution is -0.131. The van der Waals surface area contributed by atoms with E-state index in [-0.39, 0.29) is 24.0 Å². The fourth-order valence-corrected chi connectivity index (χ4v) is 3.25. The highest BCUT2D eigenvalue weighted by molar-refractivity contribution is 9.10. The largest absolute Gasteiger partial charge is 0.483 e. The average Bonchev–Trinajstić information content (AvgIpc) is 2.58. The number of aryl methyl sites for hydroxylation is 1. The molecule has 0 aliphatic carbocycles. The fourth-order valence-electron chi connectivity index (χ4n) is 1.88. The van der Waals surface area contributed by atoms with Gasteiger partial charge in [0.2, 0.25) is 0 Å². The lowest BCUT2D eigenvalue weighted by Gasteiger charge is -2.12. The van der Waals surface area contributed by atoms with Crippen LogP contribution in [-0.2, 0) is 9.59 Å². The van der Waals surface area contributed by atoms with Crippen molar-refractivity contribution in [3.05, 3.63) is 56.5 Å². The summed E-state index contributed by atoms with van der Waals surface area (Å²) < 4.78 is 11.2. The van der Waals surface area contributed by atoms with Gasteiger partial charge in [-0.2, -0.15) is 0 Å². The third-order valence-corrected chi connectivity index (χ3v) is 4.19. The monoisotopic (exact) mass is 460 g/mol. The fraction of sp³-hybridized carbons (Fsp3) is 0.176. The molecule has 2 amide bonds. The van der Waals surface area contributed by atoms with Crippen molar-refractivity contribution in [2.45, 2.75) is 6.92 Å². The van der Waals surface area contributed by atoms with Gasteiger partial charge in [-0.25, -0.2) is 0 Å². The molecule has 9 heteroatoms. The first-order chi connectivity index (χ1) is 12.4. The third kappa shape index (κ3) is 6.09. The molecule has 0 saturated carbocycles. The van der Waals surface area contributed by atoms with Crippen LogP contribution in [0.2, 0.25) is 10.0 Å². The van der Waals surface area contributed by atoms with Crippen LogP contribution < -0.4 is 20.3 Å². The van der Waals surface area contributed by atoms with Gasteiger partial charge in [0.1, 0.15) is 5.75 Å². The first-order valence-corrected chi connectivity index (χ1v) is 8.95. The Morgan fingerprint density at radius 2 is 1.65 bits per heavy atom. The van der Waals surface area contributed by atoms with Crippen LogP contribution in [0.3, 0.4) is 0 Å². The number of hydrogen-bond acceptors (Lipinski definition) is 4. The summed E-state index contributed by atoms with van der Waals surface area (Å²) in [4.78, 5) is 23.5. The van der Waals surface area contributed by atoms with Crippen molar-refractivity contribution >= 4 is 50.9 Å². The molecule has 0 aromatic heterocycles. The highest BCUT2D eigenvalue weighted by Gasteiger charge is 2.12. The minimum absolute atomic E-state index is 0.236. The zero-order valence-corrected chi connectivity index (χ0v) is 16.7. The van der Waals surface area contributed by atoms with E-state index in [0.717, 1.165) is 5.56 Å². The average molecular weight is 462 g/mol. The molecule has 26 heavy (non-hydrogen) atoms. The maximum Gasteiger partial charge on any atom is 0.276 e. The van der Waals surface area contributed by atoms with E-state index >= 15 is 0 Å². The van der Waals surface area contributed by atoms with Crippen molar-refractivity contribution < 1.29 is 19.1 Å². The van der Waals surface area contributed by atoms with E-state index in [9.17, 15) is 9.59 Å². The molecule has 0 heterocycles. The molecule has 0 aliphatic heterocycles. The summed E-state index contributed by atoms with van der Waals surface area (Å²) in [7, 11) is 0. The van der Waals surface area contributed by atoms with Gasteiger partial charge in [0, 0.05) is 5.02 Å².